The molecule has 0 aliphatic rings. The summed E-state index contributed by atoms with van der Waals surface area (Å²) >= 11 is 0. The van der Waals surface area contributed by atoms with E-state index in [-0.39, 0.29) is 23.7 Å². The fourth-order valence-electron chi connectivity index (χ4n) is 1.67. The van der Waals surface area contributed by atoms with E-state index in [9.17, 15) is 13.8 Å². The smallest absolute Gasteiger partial charge is 0.350 e. The van der Waals surface area contributed by atoms with Gasteiger partial charge in [0.15, 0.2) is 11.2 Å². The van der Waals surface area contributed by atoms with Crippen molar-refractivity contribution < 1.29 is 23.5 Å². The van der Waals surface area contributed by atoms with Crippen LogP contribution in [0, 0.1) is 0 Å². The number of imidazole rings is 1. The van der Waals surface area contributed by atoms with Gasteiger partial charge < -0.3 is 24.8 Å². The number of halogens is 1. The highest BCUT2D eigenvalue weighted by molar-refractivity contribution is 7.51. The summed E-state index contributed by atoms with van der Waals surface area (Å²) < 4.78 is 29.7. The molecule has 0 unspecified atom stereocenters. The van der Waals surface area contributed by atoms with Gasteiger partial charge in [0.25, 0.3) is 5.56 Å². The summed E-state index contributed by atoms with van der Waals surface area (Å²) in [6, 6.07) is 0. The summed E-state index contributed by atoms with van der Waals surface area (Å²) in [5.41, 5.74) is 5.04. The third kappa shape index (κ3) is 3.85. The van der Waals surface area contributed by atoms with Gasteiger partial charge >= 0.3 is 7.60 Å². The Bertz CT molecular complexity index is 740. The summed E-state index contributed by atoms with van der Waals surface area (Å²) in [4.78, 5) is 38.9. The van der Waals surface area contributed by atoms with Crippen molar-refractivity contribution in [2.45, 2.75) is 12.6 Å². The van der Waals surface area contributed by atoms with Crippen LogP contribution in [-0.2, 0) is 15.8 Å². The number of nitrogens with two attached hydrogens (primary N) is 1. The molecule has 12 heteroatoms. The Morgan fingerprint density at radius 1 is 1.57 bits per heavy atom. The summed E-state index contributed by atoms with van der Waals surface area (Å²) in [7, 11) is -4.39. The first-order valence-electron chi connectivity index (χ1n) is 5.73. The van der Waals surface area contributed by atoms with Crippen LogP contribution in [0.15, 0.2) is 11.1 Å². The van der Waals surface area contributed by atoms with Crippen LogP contribution >= 0.6 is 7.60 Å². The van der Waals surface area contributed by atoms with E-state index < -0.39 is 32.3 Å². The number of fused-ring (bicyclic) bond motifs is 1. The number of alkyl halides is 1. The molecule has 0 aliphatic heterocycles. The predicted molar refractivity (Wildman–Crippen MR) is 70.3 cm³/mol. The second-order valence-corrected chi connectivity index (χ2v) is 5.84. The zero-order valence-corrected chi connectivity index (χ0v) is 11.5. The highest BCUT2D eigenvalue weighted by Gasteiger charge is 2.20. The normalized spacial score (nSPS) is 13.7. The van der Waals surface area contributed by atoms with Gasteiger partial charge in [-0.1, -0.05) is 0 Å². The summed E-state index contributed by atoms with van der Waals surface area (Å²) in [6.45, 7) is -1.10. The molecule has 2 aromatic heterocycles. The number of nitrogens with one attached hydrogen (secondary N) is 1. The first kappa shape index (κ1) is 15.6. The van der Waals surface area contributed by atoms with Crippen LogP contribution in [0.25, 0.3) is 11.2 Å². The minimum absolute atomic E-state index is 0.0248. The molecule has 0 fully saturated rings. The maximum atomic E-state index is 12.9. The third-order valence-electron chi connectivity index (χ3n) is 2.54. The zero-order valence-electron chi connectivity index (χ0n) is 10.6. The van der Waals surface area contributed by atoms with Gasteiger partial charge in [-0.25, -0.2) is 9.37 Å². The molecule has 1 atom stereocenters. The lowest BCUT2D eigenvalue weighted by Gasteiger charge is -2.15. The second-order valence-electron chi connectivity index (χ2n) is 4.26. The van der Waals surface area contributed by atoms with Crippen LogP contribution in [0.2, 0.25) is 0 Å². The van der Waals surface area contributed by atoms with Crippen LogP contribution in [0.3, 0.4) is 0 Å². The fraction of sp³-hybridized carbons (Fsp3) is 0.444. The summed E-state index contributed by atoms with van der Waals surface area (Å²) in [5, 5.41) is 0. The molecular weight excluding hydrogens is 308 g/mol. The predicted octanol–water partition coefficient (Wildman–Crippen LogP) is -0.808. The Kier molecular flexibility index (Phi) is 4.37. The highest BCUT2D eigenvalue weighted by atomic mass is 31.2. The summed E-state index contributed by atoms with van der Waals surface area (Å²) in [6.07, 6.45) is -0.766. The Morgan fingerprint density at radius 2 is 2.29 bits per heavy atom. The van der Waals surface area contributed by atoms with Gasteiger partial charge in [0, 0.05) is 0 Å². The van der Waals surface area contributed by atoms with Crippen molar-refractivity contribution in [2.24, 2.45) is 0 Å². The Balaban J connectivity index is 2.22. The number of aromatic amines is 1. The molecule has 2 aromatic rings. The zero-order chi connectivity index (χ0) is 15.6. The van der Waals surface area contributed by atoms with E-state index in [0.29, 0.717) is 0 Å². The van der Waals surface area contributed by atoms with Crippen molar-refractivity contribution in [3.05, 3.63) is 16.7 Å². The van der Waals surface area contributed by atoms with Crippen LogP contribution in [0.4, 0.5) is 10.3 Å². The van der Waals surface area contributed by atoms with Crippen molar-refractivity contribution in [1.29, 1.82) is 0 Å². The number of aromatic nitrogens is 4. The highest BCUT2D eigenvalue weighted by Crippen LogP contribution is 2.34. The molecule has 0 saturated heterocycles. The largest absolute Gasteiger partial charge is 0.369 e. The minimum atomic E-state index is -4.39. The topological polar surface area (TPSA) is 156 Å². The first-order valence-corrected chi connectivity index (χ1v) is 7.52. The summed E-state index contributed by atoms with van der Waals surface area (Å²) in [5.74, 6) is -0.123. The van der Waals surface area contributed by atoms with Crippen molar-refractivity contribution >= 4 is 24.7 Å². The molecule has 0 saturated carbocycles. The molecule has 2 rings (SSSR count). The van der Waals surface area contributed by atoms with E-state index in [1.165, 1.54) is 10.9 Å². The number of hydrogen-bond donors (Lipinski definition) is 4. The lowest BCUT2D eigenvalue weighted by molar-refractivity contribution is 0.0445. The monoisotopic (exact) mass is 321 g/mol. The lowest BCUT2D eigenvalue weighted by Crippen LogP contribution is -2.23. The number of hydrogen-bond acceptors (Lipinski definition) is 6. The van der Waals surface area contributed by atoms with Crippen LogP contribution in [-0.4, -0.2) is 48.4 Å². The molecule has 10 nitrogen and oxygen atoms in total. The maximum absolute atomic E-state index is 12.9. The molecule has 116 valence electrons. The van der Waals surface area contributed by atoms with E-state index in [1.54, 1.807) is 0 Å². The molecule has 0 spiro atoms. The second kappa shape index (κ2) is 5.90. The Hall–Kier alpha value is -1.81. The maximum Gasteiger partial charge on any atom is 0.350 e. The van der Waals surface area contributed by atoms with Crippen molar-refractivity contribution in [3.63, 3.8) is 0 Å². The van der Waals surface area contributed by atoms with E-state index >= 15 is 0 Å². The average molecular weight is 321 g/mol. The van der Waals surface area contributed by atoms with Gasteiger partial charge in [-0.15, -0.1) is 0 Å². The van der Waals surface area contributed by atoms with Crippen LogP contribution in [0.5, 0.6) is 0 Å². The van der Waals surface area contributed by atoms with Crippen molar-refractivity contribution in [3.8, 4) is 0 Å². The number of rotatable bonds is 6. The third-order valence-corrected chi connectivity index (χ3v) is 3.03. The molecule has 0 aliphatic carbocycles. The van der Waals surface area contributed by atoms with E-state index in [1.807, 2.05) is 0 Å². The fourth-order valence-corrected chi connectivity index (χ4v) is 2.08. The van der Waals surface area contributed by atoms with E-state index in [4.69, 9.17) is 20.3 Å². The first-order chi connectivity index (χ1) is 9.80. The quantitative estimate of drug-likeness (QED) is 0.503. The number of nitrogens with zero attached hydrogens (tertiary/aromatic N) is 3. The lowest BCUT2D eigenvalue weighted by atomic mass is 10.4. The van der Waals surface area contributed by atoms with E-state index in [2.05, 4.69) is 15.0 Å². The molecule has 0 aromatic carbocycles. The number of nitrogen functional groups attached to an aromatic ring is 1. The minimum Gasteiger partial charge on any atom is -0.369 e. The molecule has 5 N–H and O–H groups in total. The molecule has 0 amide bonds. The van der Waals surface area contributed by atoms with Crippen LogP contribution in [0.1, 0.15) is 0 Å². The van der Waals surface area contributed by atoms with Crippen molar-refractivity contribution in [2.75, 3.05) is 18.8 Å². The van der Waals surface area contributed by atoms with E-state index in [0.717, 1.165) is 0 Å². The van der Waals surface area contributed by atoms with Gasteiger partial charge in [0.2, 0.25) is 5.95 Å². The number of anilines is 1. The molecule has 21 heavy (non-hydrogen) atoms. The van der Waals surface area contributed by atoms with Gasteiger partial charge in [0.05, 0.1) is 12.9 Å². The molecule has 2 heterocycles. The van der Waals surface area contributed by atoms with Gasteiger partial charge in [-0.3, -0.25) is 14.3 Å². The van der Waals surface area contributed by atoms with Crippen LogP contribution < -0.4 is 11.3 Å². The van der Waals surface area contributed by atoms with Gasteiger partial charge in [-0.05, 0) is 0 Å². The molecule has 0 radical (unpaired) electrons. The molecule has 0 bridgehead atoms. The Labute approximate surface area is 116 Å². The standard InChI is InChI=1S/C9H13FN5O5P/c10-1-5(20-4-21(17,18)19)2-15-3-12-6-7(15)13-9(11)14-8(6)16/h3,5H,1-2,4H2,(H2,17,18,19)(H3,11,13,14,16)/t5-/m0/s1. The number of ether oxygens (including phenoxy) is 1. The SMILES string of the molecule is Nc1nc2c(ncn2C[C@H](CF)OCP(=O)(O)O)c(=O)[nH]1. The van der Waals surface area contributed by atoms with Gasteiger partial charge in [-0.2, -0.15) is 4.98 Å². The average Bonchev–Trinajstić information content (AvgIpc) is 2.76. The Morgan fingerprint density at radius 3 is 2.90 bits per heavy atom. The van der Waals surface area contributed by atoms with Crippen molar-refractivity contribution in [1.82, 2.24) is 19.5 Å². The van der Waals surface area contributed by atoms with Gasteiger partial charge in [0.1, 0.15) is 19.1 Å². The molecular formula is C9H13FN5O5P. The number of H-pyrrole nitrogens is 1.